The Morgan fingerprint density at radius 3 is 2.62 bits per heavy atom. The van der Waals surface area contributed by atoms with Crippen LogP contribution >= 0.6 is 0 Å². The van der Waals surface area contributed by atoms with Gasteiger partial charge in [0.15, 0.2) is 6.61 Å². The van der Waals surface area contributed by atoms with Crippen molar-refractivity contribution in [1.29, 1.82) is 0 Å². The fourth-order valence-corrected chi connectivity index (χ4v) is 0.645. The van der Waals surface area contributed by atoms with Crippen molar-refractivity contribution in [2.75, 3.05) is 6.61 Å². The molecule has 0 atom stereocenters. The van der Waals surface area contributed by atoms with Crippen LogP contribution in [0.5, 0.6) is 0 Å². The van der Waals surface area contributed by atoms with Crippen molar-refractivity contribution in [2.24, 2.45) is 0 Å². The third-order valence-corrected chi connectivity index (χ3v) is 1.25. The van der Waals surface area contributed by atoms with Gasteiger partial charge in [0.05, 0.1) is 0 Å². The second kappa shape index (κ2) is 7.17. The summed E-state index contributed by atoms with van der Waals surface area (Å²) in [5, 5.41) is 8.27. The molecule has 0 aromatic heterocycles. The summed E-state index contributed by atoms with van der Waals surface area (Å²) in [7, 11) is 0. The summed E-state index contributed by atoms with van der Waals surface area (Å²) >= 11 is 0. The topological polar surface area (TPSA) is 63.6 Å². The van der Waals surface area contributed by atoms with Crippen molar-refractivity contribution in [3.05, 3.63) is 0 Å². The molecule has 0 saturated carbocycles. The van der Waals surface area contributed by atoms with Crippen molar-refractivity contribution < 1.29 is 19.4 Å². The van der Waals surface area contributed by atoms with Crippen molar-refractivity contribution >= 4 is 11.9 Å². The third-order valence-electron chi connectivity index (χ3n) is 1.25. The lowest BCUT2D eigenvalue weighted by Crippen LogP contribution is -2.05. The molecule has 0 unspecified atom stereocenters. The minimum atomic E-state index is -0.902. The maximum atomic E-state index is 10.8. The summed E-state index contributed by atoms with van der Waals surface area (Å²) in [5.74, 6) is 3.84. The molecular formula is C9H12O4. The molecule has 4 heteroatoms. The molecule has 0 bridgehead atoms. The Kier molecular flexibility index (Phi) is 6.34. The molecule has 0 fully saturated rings. The van der Waals surface area contributed by atoms with Crippen molar-refractivity contribution in [3.63, 3.8) is 0 Å². The second-order valence-electron chi connectivity index (χ2n) is 2.33. The van der Waals surface area contributed by atoms with Gasteiger partial charge < -0.3 is 9.84 Å². The first kappa shape index (κ1) is 11.5. The molecule has 72 valence electrons. The lowest BCUT2D eigenvalue weighted by molar-refractivity contribution is -0.142. The van der Waals surface area contributed by atoms with Gasteiger partial charge in [-0.1, -0.05) is 5.92 Å². The van der Waals surface area contributed by atoms with Crippen LogP contribution in [0.3, 0.4) is 0 Å². The molecule has 4 nitrogen and oxygen atoms in total. The molecule has 0 saturated heterocycles. The van der Waals surface area contributed by atoms with E-state index < -0.39 is 11.9 Å². The van der Waals surface area contributed by atoms with E-state index in [1.807, 2.05) is 0 Å². The van der Waals surface area contributed by atoms with Gasteiger partial charge in [0.1, 0.15) is 0 Å². The third kappa shape index (κ3) is 8.41. The van der Waals surface area contributed by atoms with E-state index in [9.17, 15) is 9.59 Å². The van der Waals surface area contributed by atoms with Crippen LogP contribution in [0.4, 0.5) is 0 Å². The van der Waals surface area contributed by atoms with Gasteiger partial charge in [-0.2, -0.15) is 0 Å². The van der Waals surface area contributed by atoms with Gasteiger partial charge in [-0.05, 0) is 13.3 Å². The van der Waals surface area contributed by atoms with E-state index in [0.29, 0.717) is 6.42 Å². The van der Waals surface area contributed by atoms with Crippen LogP contribution in [-0.4, -0.2) is 23.7 Å². The minimum Gasteiger partial charge on any atom is -0.481 e. The smallest absolute Gasteiger partial charge is 0.306 e. The van der Waals surface area contributed by atoms with Gasteiger partial charge in [-0.25, -0.2) is 0 Å². The summed E-state index contributed by atoms with van der Waals surface area (Å²) in [6, 6.07) is 0. The van der Waals surface area contributed by atoms with Crippen LogP contribution in [0.15, 0.2) is 0 Å². The number of aliphatic carboxylic acids is 1. The van der Waals surface area contributed by atoms with E-state index in [4.69, 9.17) is 5.11 Å². The number of carbonyl (C=O) groups excluding carboxylic acids is 1. The molecule has 0 heterocycles. The zero-order chi connectivity index (χ0) is 10.1. The fourth-order valence-electron chi connectivity index (χ4n) is 0.645. The summed E-state index contributed by atoms with van der Waals surface area (Å²) in [6.07, 6.45) is 0.444. The maximum absolute atomic E-state index is 10.8. The van der Waals surface area contributed by atoms with Crippen molar-refractivity contribution in [1.82, 2.24) is 0 Å². The zero-order valence-electron chi connectivity index (χ0n) is 7.50. The molecule has 1 N–H and O–H groups in total. The molecule has 0 aromatic rings. The van der Waals surface area contributed by atoms with E-state index in [-0.39, 0.29) is 19.4 Å². The Balaban J connectivity index is 3.39. The first-order chi connectivity index (χ1) is 6.16. The average molecular weight is 184 g/mol. The standard InChI is InChI=1S/C9H12O4/c1-2-3-7-13-9(12)6-4-5-8(10)11/h4-7H2,1H3,(H,10,11). The molecular weight excluding hydrogens is 172 g/mol. The van der Waals surface area contributed by atoms with E-state index in [0.717, 1.165) is 0 Å². The molecule has 0 aliphatic carbocycles. The van der Waals surface area contributed by atoms with Gasteiger partial charge in [0.2, 0.25) is 0 Å². The van der Waals surface area contributed by atoms with Gasteiger partial charge in [-0.3, -0.25) is 9.59 Å². The number of hydrogen-bond donors (Lipinski definition) is 1. The number of carboxylic acid groups (broad SMARTS) is 1. The molecule has 0 spiro atoms. The quantitative estimate of drug-likeness (QED) is 0.507. The van der Waals surface area contributed by atoms with Gasteiger partial charge in [-0.15, -0.1) is 5.92 Å². The first-order valence-corrected chi connectivity index (χ1v) is 3.94. The Hall–Kier alpha value is -1.50. The highest BCUT2D eigenvalue weighted by Gasteiger charge is 2.03. The largest absolute Gasteiger partial charge is 0.481 e. The molecule has 0 amide bonds. The summed E-state index contributed by atoms with van der Waals surface area (Å²) in [6.45, 7) is 1.74. The Labute approximate surface area is 76.9 Å². The summed E-state index contributed by atoms with van der Waals surface area (Å²) in [4.78, 5) is 20.9. The zero-order valence-corrected chi connectivity index (χ0v) is 7.50. The second-order valence-corrected chi connectivity index (χ2v) is 2.33. The highest BCUT2D eigenvalue weighted by Crippen LogP contribution is 1.97. The van der Waals surface area contributed by atoms with Gasteiger partial charge in [0, 0.05) is 12.8 Å². The van der Waals surface area contributed by atoms with E-state index in [1.165, 1.54) is 0 Å². The molecule has 0 aliphatic rings. The Morgan fingerprint density at radius 1 is 1.38 bits per heavy atom. The van der Waals surface area contributed by atoms with Crippen LogP contribution in [0.2, 0.25) is 0 Å². The molecule has 0 aliphatic heterocycles. The number of ether oxygens (including phenoxy) is 1. The van der Waals surface area contributed by atoms with Crippen LogP contribution in [-0.2, 0) is 14.3 Å². The SMILES string of the molecule is CC#CCOC(=O)CCCC(=O)O. The molecule has 13 heavy (non-hydrogen) atoms. The number of esters is 1. The Bertz CT molecular complexity index is 234. The van der Waals surface area contributed by atoms with E-state index >= 15 is 0 Å². The predicted molar refractivity (Wildman–Crippen MR) is 45.9 cm³/mol. The van der Waals surface area contributed by atoms with Crippen LogP contribution in [0, 0.1) is 11.8 Å². The number of rotatable bonds is 5. The molecule has 0 rings (SSSR count). The van der Waals surface area contributed by atoms with E-state index in [2.05, 4.69) is 16.6 Å². The monoisotopic (exact) mass is 184 g/mol. The fraction of sp³-hybridized carbons (Fsp3) is 0.556. The van der Waals surface area contributed by atoms with E-state index in [1.54, 1.807) is 6.92 Å². The molecule has 0 radical (unpaired) electrons. The molecule has 0 aromatic carbocycles. The summed E-state index contributed by atoms with van der Waals surface area (Å²) in [5.41, 5.74) is 0. The normalized spacial score (nSPS) is 8.38. The minimum absolute atomic E-state index is 0.00540. The first-order valence-electron chi connectivity index (χ1n) is 3.94. The Morgan fingerprint density at radius 2 is 2.08 bits per heavy atom. The van der Waals surface area contributed by atoms with Crippen molar-refractivity contribution in [2.45, 2.75) is 26.2 Å². The number of hydrogen-bond acceptors (Lipinski definition) is 3. The average Bonchev–Trinajstić information content (AvgIpc) is 2.04. The lowest BCUT2D eigenvalue weighted by Gasteiger charge is -1.98. The predicted octanol–water partition coefficient (Wildman–Crippen LogP) is 0.808. The summed E-state index contributed by atoms with van der Waals surface area (Å²) < 4.78 is 4.66. The number of carbonyl (C=O) groups is 2. The van der Waals surface area contributed by atoms with Crippen LogP contribution < -0.4 is 0 Å². The van der Waals surface area contributed by atoms with Gasteiger partial charge >= 0.3 is 11.9 Å². The van der Waals surface area contributed by atoms with Crippen LogP contribution in [0.25, 0.3) is 0 Å². The number of carboxylic acids is 1. The lowest BCUT2D eigenvalue weighted by atomic mass is 10.2. The van der Waals surface area contributed by atoms with Gasteiger partial charge in [0.25, 0.3) is 0 Å². The van der Waals surface area contributed by atoms with Crippen LogP contribution in [0.1, 0.15) is 26.2 Å². The highest BCUT2D eigenvalue weighted by molar-refractivity contribution is 5.71. The maximum Gasteiger partial charge on any atom is 0.306 e. The van der Waals surface area contributed by atoms with Crippen molar-refractivity contribution in [3.8, 4) is 11.8 Å². The highest BCUT2D eigenvalue weighted by atomic mass is 16.5.